The number of carbonyl (C=O) groups excluding carboxylic acids is 3. The molecule has 0 aromatic carbocycles. The van der Waals surface area contributed by atoms with Crippen LogP contribution < -0.4 is 0 Å². The lowest BCUT2D eigenvalue weighted by Crippen LogP contribution is -2.10. The first-order valence-corrected chi connectivity index (χ1v) is 12.2. The molecule has 0 bridgehead atoms. The van der Waals surface area contributed by atoms with Crippen molar-refractivity contribution >= 4 is 17.3 Å². The van der Waals surface area contributed by atoms with E-state index in [4.69, 9.17) is 15.8 Å². The molecule has 3 saturated carbocycles. The summed E-state index contributed by atoms with van der Waals surface area (Å²) in [6.07, 6.45) is 2.85. The van der Waals surface area contributed by atoms with Crippen LogP contribution in [0.2, 0.25) is 0 Å². The van der Waals surface area contributed by atoms with Crippen molar-refractivity contribution in [1.82, 2.24) is 0 Å². The predicted octanol–water partition coefficient (Wildman–Crippen LogP) is 5.14. The van der Waals surface area contributed by atoms with Crippen LogP contribution in [0.1, 0.15) is 74.1 Å². The summed E-state index contributed by atoms with van der Waals surface area (Å²) in [4.78, 5) is 33.9. The molecule has 3 aliphatic rings. The minimum absolute atomic E-state index is 0.0369. The van der Waals surface area contributed by atoms with Gasteiger partial charge >= 0.3 is 0 Å². The Labute approximate surface area is 199 Å². The fourth-order valence-electron chi connectivity index (χ4n) is 4.27. The van der Waals surface area contributed by atoms with Crippen molar-refractivity contribution in [2.45, 2.75) is 74.1 Å². The molecule has 3 rings (SSSR count). The van der Waals surface area contributed by atoms with Crippen molar-refractivity contribution in [3.63, 3.8) is 0 Å². The average Bonchev–Trinajstić information content (AvgIpc) is 3.67. The van der Waals surface area contributed by atoms with Crippen molar-refractivity contribution < 1.29 is 14.4 Å². The summed E-state index contributed by atoms with van der Waals surface area (Å²) < 4.78 is 0. The van der Waals surface area contributed by atoms with E-state index in [0.29, 0.717) is 42.2 Å². The quantitative estimate of drug-likeness (QED) is 0.501. The number of ketones is 3. The molecule has 0 heterocycles. The topological polar surface area (TPSA) is 123 Å². The molecule has 3 aliphatic carbocycles. The van der Waals surface area contributed by atoms with Crippen LogP contribution in [0.3, 0.4) is 0 Å². The maximum atomic E-state index is 11.5. The van der Waals surface area contributed by atoms with E-state index in [2.05, 4.69) is 25.1 Å². The first-order chi connectivity index (χ1) is 15.4. The Morgan fingerprint density at radius 3 is 1.64 bits per heavy atom. The minimum Gasteiger partial charge on any atom is -0.299 e. The lowest BCUT2D eigenvalue weighted by molar-refractivity contribution is -0.124. The van der Waals surface area contributed by atoms with E-state index in [-0.39, 0.29) is 47.2 Å². The highest BCUT2D eigenvalue weighted by Gasteiger charge is 2.51. The minimum atomic E-state index is 0.0369. The van der Waals surface area contributed by atoms with Gasteiger partial charge in [0.15, 0.2) is 0 Å². The van der Waals surface area contributed by atoms with Crippen LogP contribution in [-0.2, 0) is 14.4 Å². The SMILES string of the molecule is CC(C)C(=O)C1C(C)C1CC#N.CC(C)C(=O)C1CC1C#N.CC(C)C(=O)C1CC1CC#N. The van der Waals surface area contributed by atoms with Gasteiger partial charge in [0.05, 0.1) is 24.1 Å². The van der Waals surface area contributed by atoms with Gasteiger partial charge in [0.2, 0.25) is 0 Å². The molecule has 0 aromatic heterocycles. The van der Waals surface area contributed by atoms with Gasteiger partial charge < -0.3 is 0 Å². The number of nitriles is 3. The van der Waals surface area contributed by atoms with Crippen LogP contribution in [0.5, 0.6) is 0 Å². The third-order valence-electron chi connectivity index (χ3n) is 6.89. The maximum absolute atomic E-state index is 11.5. The summed E-state index contributed by atoms with van der Waals surface area (Å²) in [6.45, 7) is 13.5. The second kappa shape index (κ2) is 12.6. The van der Waals surface area contributed by atoms with Crippen LogP contribution in [0.25, 0.3) is 0 Å². The lowest BCUT2D eigenvalue weighted by atomic mass is 10.0. The maximum Gasteiger partial charge on any atom is 0.139 e. The van der Waals surface area contributed by atoms with E-state index in [1.807, 2.05) is 41.5 Å². The summed E-state index contributed by atoms with van der Waals surface area (Å²) in [5, 5.41) is 25.2. The third kappa shape index (κ3) is 8.40. The van der Waals surface area contributed by atoms with E-state index in [9.17, 15) is 14.4 Å². The van der Waals surface area contributed by atoms with Crippen molar-refractivity contribution in [1.29, 1.82) is 15.8 Å². The van der Waals surface area contributed by atoms with Crippen LogP contribution in [0.15, 0.2) is 0 Å². The Hall–Kier alpha value is -2.52. The van der Waals surface area contributed by atoms with Gasteiger partial charge in [-0.3, -0.25) is 14.4 Å². The molecule has 0 saturated heterocycles. The molecule has 0 aromatic rings. The van der Waals surface area contributed by atoms with E-state index >= 15 is 0 Å². The summed E-state index contributed by atoms with van der Waals surface area (Å²) in [5.41, 5.74) is 0. The summed E-state index contributed by atoms with van der Waals surface area (Å²) in [7, 11) is 0. The third-order valence-corrected chi connectivity index (χ3v) is 6.89. The Balaban J connectivity index is 0.000000249. The fraction of sp³-hybridized carbons (Fsp3) is 0.778. The zero-order valence-corrected chi connectivity index (χ0v) is 21.2. The zero-order valence-electron chi connectivity index (χ0n) is 21.2. The normalized spacial score (nSPS) is 30.5. The van der Waals surface area contributed by atoms with E-state index in [0.717, 1.165) is 12.8 Å². The number of carbonyl (C=O) groups is 3. The molecule has 0 aliphatic heterocycles. The molecule has 180 valence electrons. The van der Waals surface area contributed by atoms with Gasteiger partial charge in [-0.05, 0) is 30.6 Å². The smallest absolute Gasteiger partial charge is 0.139 e. The molecule has 6 heteroatoms. The van der Waals surface area contributed by atoms with Crippen molar-refractivity contribution in [3.8, 4) is 18.2 Å². The first-order valence-electron chi connectivity index (χ1n) is 12.2. The van der Waals surface area contributed by atoms with Crippen molar-refractivity contribution in [3.05, 3.63) is 0 Å². The molecule has 0 amide bonds. The molecule has 7 unspecified atom stereocenters. The van der Waals surface area contributed by atoms with Crippen LogP contribution in [0.4, 0.5) is 0 Å². The lowest BCUT2D eigenvalue weighted by Gasteiger charge is -2.00. The van der Waals surface area contributed by atoms with Crippen LogP contribution in [-0.4, -0.2) is 17.3 Å². The number of Topliss-reactive ketones (excluding diaryl/α,β-unsaturated/α-hetero) is 3. The molecular formula is C27H39N3O3. The second-order valence-electron chi connectivity index (χ2n) is 10.6. The number of rotatable bonds is 8. The molecule has 7 atom stereocenters. The van der Waals surface area contributed by atoms with E-state index in [1.54, 1.807) is 0 Å². The molecular weight excluding hydrogens is 414 g/mol. The Kier molecular flexibility index (Phi) is 10.9. The fourth-order valence-corrected chi connectivity index (χ4v) is 4.27. The van der Waals surface area contributed by atoms with E-state index in [1.165, 1.54) is 0 Å². The number of hydrogen-bond donors (Lipinski definition) is 0. The highest BCUT2D eigenvalue weighted by atomic mass is 16.1. The van der Waals surface area contributed by atoms with E-state index < -0.39 is 0 Å². The van der Waals surface area contributed by atoms with Gasteiger partial charge in [0.25, 0.3) is 0 Å². The molecule has 6 nitrogen and oxygen atoms in total. The Morgan fingerprint density at radius 2 is 1.24 bits per heavy atom. The molecule has 3 fully saturated rings. The van der Waals surface area contributed by atoms with Crippen molar-refractivity contribution in [2.24, 2.45) is 59.2 Å². The van der Waals surface area contributed by atoms with Gasteiger partial charge in [-0.15, -0.1) is 0 Å². The highest BCUT2D eigenvalue weighted by Crippen LogP contribution is 2.49. The zero-order chi connectivity index (χ0) is 25.5. The summed E-state index contributed by atoms with van der Waals surface area (Å²) in [6, 6.07) is 6.34. The summed E-state index contributed by atoms with van der Waals surface area (Å²) >= 11 is 0. The largest absolute Gasteiger partial charge is 0.299 e. The second-order valence-corrected chi connectivity index (χ2v) is 10.6. The van der Waals surface area contributed by atoms with Gasteiger partial charge in [-0.25, -0.2) is 0 Å². The van der Waals surface area contributed by atoms with Gasteiger partial charge in [0.1, 0.15) is 17.3 Å². The van der Waals surface area contributed by atoms with Crippen LogP contribution in [0, 0.1) is 93.2 Å². The number of hydrogen-bond acceptors (Lipinski definition) is 6. The Morgan fingerprint density at radius 1 is 0.758 bits per heavy atom. The van der Waals surface area contributed by atoms with Gasteiger partial charge in [0, 0.05) is 48.3 Å². The first kappa shape index (κ1) is 28.5. The highest BCUT2D eigenvalue weighted by molar-refractivity contribution is 5.86. The average molecular weight is 454 g/mol. The number of nitrogens with zero attached hydrogens (tertiary/aromatic N) is 3. The standard InChI is InChI=1S/C10H15NO.C9H13NO.C8H11NO/c1-6(2)10(12)9-7(3)8(9)4-5-11;1-6(2)9(11)8-5-7(8)3-4-10;1-5(2)8(10)7-3-6(7)4-9/h6-9H,4H2,1-3H3;6-8H,3,5H2,1-2H3;5-7H,3H2,1-2H3. The summed E-state index contributed by atoms with van der Waals surface area (Å²) in [5.74, 6) is 2.99. The molecule has 33 heavy (non-hydrogen) atoms. The monoisotopic (exact) mass is 453 g/mol. The molecule has 0 spiro atoms. The molecule has 0 N–H and O–H groups in total. The van der Waals surface area contributed by atoms with Crippen molar-refractivity contribution in [2.75, 3.05) is 0 Å². The van der Waals surface area contributed by atoms with Crippen LogP contribution >= 0.6 is 0 Å². The Bertz CT molecular complexity index is 840. The predicted molar refractivity (Wildman–Crippen MR) is 125 cm³/mol. The van der Waals surface area contributed by atoms with Gasteiger partial charge in [-0.2, -0.15) is 15.8 Å². The van der Waals surface area contributed by atoms with Gasteiger partial charge in [-0.1, -0.05) is 48.5 Å². The molecule has 0 radical (unpaired) electrons.